The number of fused-ring (bicyclic) bond motifs is 1. The van der Waals surface area contributed by atoms with Crippen LogP contribution < -0.4 is 15.4 Å². The molecule has 0 aromatic carbocycles. The largest absolute Gasteiger partial charge is 0.370 e. The minimum Gasteiger partial charge on any atom is -0.370 e. The Bertz CT molecular complexity index is 1050. The van der Waals surface area contributed by atoms with Crippen LogP contribution in [0, 0.1) is 0 Å². The third kappa shape index (κ3) is 4.03. The van der Waals surface area contributed by atoms with E-state index in [1.165, 1.54) is 0 Å². The van der Waals surface area contributed by atoms with E-state index in [2.05, 4.69) is 38.2 Å². The summed E-state index contributed by atoms with van der Waals surface area (Å²) in [7, 11) is 0. The highest BCUT2D eigenvalue weighted by atomic mass is 32.1. The first-order valence-corrected chi connectivity index (χ1v) is 9.14. The lowest BCUT2D eigenvalue weighted by Crippen LogP contribution is -2.35. The zero-order valence-corrected chi connectivity index (χ0v) is 15.7. The molecule has 0 aliphatic heterocycles. The molecule has 28 heavy (non-hydrogen) atoms. The Morgan fingerprint density at radius 1 is 1.29 bits per heavy atom. The van der Waals surface area contributed by atoms with Crippen molar-refractivity contribution in [1.82, 2.24) is 30.0 Å². The monoisotopic (exact) mass is 398 g/mol. The van der Waals surface area contributed by atoms with Gasteiger partial charge in [0.1, 0.15) is 11.3 Å². The van der Waals surface area contributed by atoms with Crippen LogP contribution in [0.25, 0.3) is 22.4 Å². The van der Waals surface area contributed by atoms with Gasteiger partial charge in [0, 0.05) is 30.8 Å². The molecule has 3 heterocycles. The number of thiol groups is 1. The fraction of sp³-hybridized carbons (Fsp3) is 0.294. The Balaban J connectivity index is 1.57. The van der Waals surface area contributed by atoms with Gasteiger partial charge >= 0.3 is 6.03 Å². The molecule has 1 aliphatic rings. The summed E-state index contributed by atoms with van der Waals surface area (Å²) in [5, 5.41) is 7.05. The van der Waals surface area contributed by atoms with E-state index in [1.807, 2.05) is 0 Å². The number of rotatable bonds is 6. The number of carbonyl (C=O) groups is 2. The number of hydrogen-bond acceptors (Lipinski definition) is 7. The topological polar surface area (TPSA) is 132 Å². The fourth-order valence-electron chi connectivity index (χ4n) is 2.56. The van der Waals surface area contributed by atoms with Crippen LogP contribution in [0.5, 0.6) is 0 Å². The van der Waals surface area contributed by atoms with Gasteiger partial charge in [0.2, 0.25) is 5.91 Å². The molecule has 3 aromatic rings. The number of primary amides is 1. The van der Waals surface area contributed by atoms with Crippen LogP contribution in [-0.2, 0) is 11.3 Å². The summed E-state index contributed by atoms with van der Waals surface area (Å²) in [6.07, 6.45) is 7.19. The maximum absolute atomic E-state index is 12.1. The van der Waals surface area contributed by atoms with Gasteiger partial charge in [0.05, 0.1) is 18.1 Å². The average molecular weight is 398 g/mol. The number of nitrogens with one attached hydrogen (secondary N) is 1. The summed E-state index contributed by atoms with van der Waals surface area (Å²) in [6, 6.07) is 3.30. The number of carbonyl (C=O) groups excluding carboxylic acids is 2. The molecule has 3 aromatic heterocycles. The second kappa shape index (κ2) is 7.43. The summed E-state index contributed by atoms with van der Waals surface area (Å²) < 4.78 is 2.78. The van der Waals surface area contributed by atoms with Gasteiger partial charge < -0.3 is 11.1 Å². The number of pyridine rings is 1. The molecule has 0 radical (unpaired) electrons. The third-order valence-electron chi connectivity index (χ3n) is 4.22. The summed E-state index contributed by atoms with van der Waals surface area (Å²) in [5.74, 6) is -0.0288. The third-order valence-corrected chi connectivity index (χ3v) is 4.61. The fourth-order valence-corrected chi connectivity index (χ4v) is 2.72. The number of urea groups is 1. The van der Waals surface area contributed by atoms with Crippen molar-refractivity contribution < 1.29 is 9.59 Å². The predicted octanol–water partition coefficient (Wildman–Crippen LogP) is 1.29. The highest BCUT2D eigenvalue weighted by Crippen LogP contribution is 2.23. The molecule has 11 heteroatoms. The van der Waals surface area contributed by atoms with Crippen LogP contribution in [0.3, 0.4) is 0 Å². The zero-order valence-electron chi connectivity index (χ0n) is 14.8. The molecular formula is C17H18N8O2S. The van der Waals surface area contributed by atoms with E-state index in [-0.39, 0.29) is 24.4 Å². The van der Waals surface area contributed by atoms with Crippen LogP contribution in [-0.4, -0.2) is 42.7 Å². The predicted molar refractivity (Wildman–Crippen MR) is 105 cm³/mol. The van der Waals surface area contributed by atoms with Crippen LogP contribution in [0.15, 0.2) is 30.7 Å². The van der Waals surface area contributed by atoms with Gasteiger partial charge in [-0.05, 0) is 25.0 Å². The molecule has 0 atom stereocenters. The van der Waals surface area contributed by atoms with Gasteiger partial charge in [-0.25, -0.2) is 19.1 Å². The smallest absolute Gasteiger partial charge is 0.333 e. The van der Waals surface area contributed by atoms with Crippen LogP contribution in [0.2, 0.25) is 0 Å². The number of hydrogen-bond donors (Lipinski definition) is 3. The quantitative estimate of drug-likeness (QED) is 0.536. The highest BCUT2D eigenvalue weighted by molar-refractivity contribution is 7.82. The van der Waals surface area contributed by atoms with Gasteiger partial charge in [-0.15, -0.1) is 0 Å². The second-order valence-electron chi connectivity index (χ2n) is 6.51. The first kappa shape index (κ1) is 18.2. The number of nitrogens with zero attached hydrogens (tertiary/aromatic N) is 6. The standard InChI is InChI=1S/C17H18N8O2S/c18-14(26)5-6-24-9-10(7-20-24)13-8-19-12-3-4-15(23-16(12)22-13)25(28)17(27)21-11-1-2-11/h3-4,7-9,11,28H,1-2,5-6H2,(H2,18,26)(H,21,27). The lowest BCUT2D eigenvalue weighted by molar-refractivity contribution is -0.118. The van der Waals surface area contributed by atoms with Crippen LogP contribution in [0.4, 0.5) is 10.6 Å². The normalized spacial score (nSPS) is 13.5. The summed E-state index contributed by atoms with van der Waals surface area (Å²) in [6.45, 7) is 0.392. The van der Waals surface area contributed by atoms with E-state index in [0.717, 1.165) is 22.7 Å². The van der Waals surface area contributed by atoms with Gasteiger partial charge in [0.15, 0.2) is 5.65 Å². The number of aryl methyl sites for hydroxylation is 1. The first-order valence-electron chi connectivity index (χ1n) is 8.74. The Labute approximate surface area is 165 Å². The molecule has 3 amide bonds. The summed E-state index contributed by atoms with van der Waals surface area (Å²) in [5.41, 5.74) is 7.46. The molecule has 1 fully saturated rings. The molecule has 144 valence electrons. The minimum atomic E-state index is -0.388. The zero-order chi connectivity index (χ0) is 19.7. The Hall–Kier alpha value is -3.21. The highest BCUT2D eigenvalue weighted by Gasteiger charge is 2.26. The Morgan fingerprint density at radius 2 is 2.11 bits per heavy atom. The molecule has 0 saturated heterocycles. The maximum Gasteiger partial charge on any atom is 0.333 e. The molecule has 3 N–H and O–H groups in total. The van der Waals surface area contributed by atoms with Crippen molar-refractivity contribution in [3.05, 3.63) is 30.7 Å². The van der Waals surface area contributed by atoms with E-state index >= 15 is 0 Å². The lowest BCUT2D eigenvalue weighted by atomic mass is 10.2. The van der Waals surface area contributed by atoms with Crippen molar-refractivity contribution in [1.29, 1.82) is 0 Å². The number of nitrogens with two attached hydrogens (primary N) is 1. The van der Waals surface area contributed by atoms with Crippen LogP contribution in [0.1, 0.15) is 19.3 Å². The number of amides is 3. The van der Waals surface area contributed by atoms with E-state index in [9.17, 15) is 9.59 Å². The van der Waals surface area contributed by atoms with Crippen molar-refractivity contribution >= 4 is 41.7 Å². The van der Waals surface area contributed by atoms with Crippen molar-refractivity contribution in [3.63, 3.8) is 0 Å². The maximum atomic E-state index is 12.1. The van der Waals surface area contributed by atoms with Crippen molar-refractivity contribution in [2.75, 3.05) is 4.31 Å². The van der Waals surface area contributed by atoms with Gasteiger partial charge in [-0.3, -0.25) is 14.5 Å². The molecule has 1 aliphatic carbocycles. The van der Waals surface area contributed by atoms with Crippen LogP contribution >= 0.6 is 12.8 Å². The second-order valence-corrected chi connectivity index (χ2v) is 6.91. The molecule has 0 unspecified atom stereocenters. The average Bonchev–Trinajstić information content (AvgIpc) is 3.38. The Morgan fingerprint density at radius 3 is 2.86 bits per heavy atom. The van der Waals surface area contributed by atoms with E-state index in [1.54, 1.807) is 35.4 Å². The first-order chi connectivity index (χ1) is 13.5. The minimum absolute atomic E-state index is 0.204. The molecular weight excluding hydrogens is 380 g/mol. The van der Waals surface area contributed by atoms with Crippen molar-refractivity contribution in [2.45, 2.75) is 31.8 Å². The SMILES string of the molecule is NC(=O)CCn1cc(-c2cnc3ccc(N(S)C(=O)NC4CC4)nc3n2)cn1. The molecule has 1 saturated carbocycles. The van der Waals surface area contributed by atoms with E-state index in [4.69, 9.17) is 5.73 Å². The van der Waals surface area contributed by atoms with E-state index in [0.29, 0.717) is 29.2 Å². The number of aromatic nitrogens is 5. The molecule has 10 nitrogen and oxygen atoms in total. The van der Waals surface area contributed by atoms with Gasteiger partial charge in [-0.1, -0.05) is 12.8 Å². The molecule has 0 spiro atoms. The van der Waals surface area contributed by atoms with Crippen molar-refractivity contribution in [2.24, 2.45) is 5.73 Å². The summed E-state index contributed by atoms with van der Waals surface area (Å²) in [4.78, 5) is 36.3. The Kier molecular flexibility index (Phi) is 4.82. The molecule has 0 bridgehead atoms. The molecule has 4 rings (SSSR count). The van der Waals surface area contributed by atoms with Crippen molar-refractivity contribution in [3.8, 4) is 11.3 Å². The number of anilines is 1. The lowest BCUT2D eigenvalue weighted by Gasteiger charge is -2.15. The van der Waals surface area contributed by atoms with Gasteiger partial charge in [-0.2, -0.15) is 5.10 Å². The van der Waals surface area contributed by atoms with Gasteiger partial charge in [0.25, 0.3) is 0 Å². The van der Waals surface area contributed by atoms with E-state index < -0.39 is 0 Å². The summed E-state index contributed by atoms with van der Waals surface area (Å²) >= 11 is 4.24.